The van der Waals surface area contributed by atoms with E-state index in [9.17, 15) is 4.79 Å². The van der Waals surface area contributed by atoms with Crippen LogP contribution >= 0.6 is 0 Å². The van der Waals surface area contributed by atoms with E-state index in [-0.39, 0.29) is 5.91 Å². The second kappa shape index (κ2) is 6.44. The maximum absolute atomic E-state index is 12.7. The number of nitrogens with zero attached hydrogens (tertiary/aromatic N) is 4. The fraction of sp³-hybridized carbons (Fsp3) is 0.444. The number of carbonyl (C=O) groups excluding carboxylic acids is 1. The van der Waals surface area contributed by atoms with Gasteiger partial charge in [0.2, 0.25) is 0 Å². The van der Waals surface area contributed by atoms with E-state index in [0.29, 0.717) is 5.92 Å². The van der Waals surface area contributed by atoms with Gasteiger partial charge in [0, 0.05) is 52.5 Å². The van der Waals surface area contributed by atoms with Crippen molar-refractivity contribution in [3.8, 4) is 0 Å². The van der Waals surface area contributed by atoms with Gasteiger partial charge in [0.15, 0.2) is 0 Å². The van der Waals surface area contributed by atoms with Crippen molar-refractivity contribution in [2.24, 2.45) is 7.05 Å². The highest BCUT2D eigenvalue weighted by Gasteiger charge is 2.26. The molecule has 1 saturated heterocycles. The van der Waals surface area contributed by atoms with Crippen molar-refractivity contribution in [1.29, 1.82) is 0 Å². The summed E-state index contributed by atoms with van der Waals surface area (Å²) < 4.78 is 1.89. The van der Waals surface area contributed by atoms with E-state index in [0.717, 1.165) is 37.4 Å². The molecule has 2 aromatic rings. The Balaban J connectivity index is 1.77. The van der Waals surface area contributed by atoms with Crippen molar-refractivity contribution in [1.82, 2.24) is 14.5 Å². The van der Waals surface area contributed by atoms with E-state index >= 15 is 0 Å². The molecule has 0 unspecified atom stereocenters. The number of likely N-dealkylation sites (tertiary alicyclic amines) is 1. The summed E-state index contributed by atoms with van der Waals surface area (Å²) in [5, 5.41) is 0. The third-order valence-electron chi connectivity index (χ3n) is 4.57. The van der Waals surface area contributed by atoms with Crippen LogP contribution in [0.25, 0.3) is 0 Å². The molecule has 5 nitrogen and oxygen atoms in total. The number of piperidine rings is 1. The minimum absolute atomic E-state index is 0.129. The SMILES string of the molecule is CN(C)c1cc([C@@H]2CCCN(C(=O)c3cccn3C)C2)ccn1. The number of carbonyl (C=O) groups is 1. The third-order valence-corrected chi connectivity index (χ3v) is 4.57. The lowest BCUT2D eigenvalue weighted by Crippen LogP contribution is -2.39. The van der Waals surface area contributed by atoms with Crippen molar-refractivity contribution < 1.29 is 4.79 Å². The van der Waals surface area contributed by atoms with Crippen molar-refractivity contribution in [3.63, 3.8) is 0 Å². The Bertz CT molecular complexity index is 692. The Morgan fingerprint density at radius 2 is 2.17 bits per heavy atom. The first kappa shape index (κ1) is 15.6. The van der Waals surface area contributed by atoms with E-state index in [4.69, 9.17) is 0 Å². The number of anilines is 1. The zero-order chi connectivity index (χ0) is 16.4. The standard InChI is InChI=1S/C18H24N4O/c1-20(2)17-12-14(8-9-19-17)15-6-4-11-22(13-15)18(23)16-7-5-10-21(16)3/h5,7-10,12,15H,4,6,11,13H2,1-3H3/t15-/m1/s1. The van der Waals surface area contributed by atoms with Crippen molar-refractivity contribution in [2.45, 2.75) is 18.8 Å². The average Bonchev–Trinajstić information content (AvgIpc) is 3.00. The summed E-state index contributed by atoms with van der Waals surface area (Å²) in [7, 11) is 5.91. The normalized spacial score (nSPS) is 18.0. The molecule has 0 saturated carbocycles. The third kappa shape index (κ3) is 3.23. The molecule has 0 bridgehead atoms. The second-order valence-electron chi connectivity index (χ2n) is 6.44. The number of aryl methyl sites for hydroxylation is 1. The molecule has 1 atom stereocenters. The molecular formula is C18H24N4O. The molecule has 0 N–H and O–H groups in total. The zero-order valence-corrected chi connectivity index (χ0v) is 14.1. The molecule has 0 spiro atoms. The van der Waals surface area contributed by atoms with E-state index in [1.807, 2.05) is 60.0 Å². The fourth-order valence-electron chi connectivity index (χ4n) is 3.21. The maximum Gasteiger partial charge on any atom is 0.270 e. The number of hydrogen-bond acceptors (Lipinski definition) is 3. The Morgan fingerprint density at radius 3 is 2.87 bits per heavy atom. The van der Waals surface area contributed by atoms with E-state index in [1.165, 1.54) is 5.56 Å². The molecule has 1 aliphatic heterocycles. The first-order valence-corrected chi connectivity index (χ1v) is 8.10. The highest BCUT2D eigenvalue weighted by Crippen LogP contribution is 2.29. The molecule has 1 aliphatic rings. The molecule has 1 fully saturated rings. The Hall–Kier alpha value is -2.30. The molecule has 5 heteroatoms. The number of hydrogen-bond donors (Lipinski definition) is 0. The molecule has 0 radical (unpaired) electrons. The van der Waals surface area contributed by atoms with Gasteiger partial charge in [-0.05, 0) is 42.7 Å². The average molecular weight is 312 g/mol. The largest absolute Gasteiger partial charge is 0.363 e. The van der Waals surface area contributed by atoms with Gasteiger partial charge in [0.25, 0.3) is 5.91 Å². The van der Waals surface area contributed by atoms with Crippen LogP contribution in [0.2, 0.25) is 0 Å². The Morgan fingerprint density at radius 1 is 1.35 bits per heavy atom. The highest BCUT2D eigenvalue weighted by atomic mass is 16.2. The maximum atomic E-state index is 12.7. The first-order chi connectivity index (χ1) is 11.1. The van der Waals surface area contributed by atoms with Crippen LogP contribution < -0.4 is 4.90 Å². The van der Waals surface area contributed by atoms with Crippen LogP contribution in [-0.2, 0) is 7.05 Å². The smallest absolute Gasteiger partial charge is 0.270 e. The zero-order valence-electron chi connectivity index (χ0n) is 14.1. The van der Waals surface area contributed by atoms with Gasteiger partial charge in [-0.3, -0.25) is 4.79 Å². The molecular weight excluding hydrogens is 288 g/mol. The summed E-state index contributed by atoms with van der Waals surface area (Å²) in [6, 6.07) is 8.03. The van der Waals surface area contributed by atoms with E-state index < -0.39 is 0 Å². The summed E-state index contributed by atoms with van der Waals surface area (Å²) >= 11 is 0. The topological polar surface area (TPSA) is 41.4 Å². The number of amides is 1. The van der Waals surface area contributed by atoms with Crippen molar-refractivity contribution in [3.05, 3.63) is 47.9 Å². The van der Waals surface area contributed by atoms with Gasteiger partial charge >= 0.3 is 0 Å². The molecule has 1 amide bonds. The van der Waals surface area contributed by atoms with Crippen molar-refractivity contribution >= 4 is 11.7 Å². The Kier molecular flexibility index (Phi) is 4.37. The summed E-state index contributed by atoms with van der Waals surface area (Å²) in [5.74, 6) is 1.48. The first-order valence-electron chi connectivity index (χ1n) is 8.10. The van der Waals surface area contributed by atoms with Crippen LogP contribution in [0.4, 0.5) is 5.82 Å². The van der Waals surface area contributed by atoms with Crippen LogP contribution in [-0.4, -0.2) is 47.5 Å². The summed E-state index contributed by atoms with van der Waals surface area (Å²) in [6.45, 7) is 1.62. The highest BCUT2D eigenvalue weighted by molar-refractivity contribution is 5.92. The molecule has 3 heterocycles. The molecule has 0 aromatic carbocycles. The van der Waals surface area contributed by atoms with Crippen LogP contribution in [0.1, 0.15) is 34.8 Å². The number of pyridine rings is 1. The van der Waals surface area contributed by atoms with Crippen molar-refractivity contribution in [2.75, 3.05) is 32.1 Å². The lowest BCUT2D eigenvalue weighted by atomic mass is 9.91. The van der Waals surface area contributed by atoms with Crippen LogP contribution in [0.15, 0.2) is 36.7 Å². The minimum atomic E-state index is 0.129. The van der Waals surface area contributed by atoms with Gasteiger partial charge in [0.05, 0.1) is 0 Å². The van der Waals surface area contributed by atoms with Gasteiger partial charge in [-0.25, -0.2) is 4.98 Å². The Labute approximate surface area is 137 Å². The fourth-order valence-corrected chi connectivity index (χ4v) is 3.21. The van der Waals surface area contributed by atoms with E-state index in [2.05, 4.69) is 17.1 Å². The van der Waals surface area contributed by atoms with Crippen LogP contribution in [0.3, 0.4) is 0 Å². The quantitative estimate of drug-likeness (QED) is 0.874. The van der Waals surface area contributed by atoms with Gasteiger partial charge in [-0.1, -0.05) is 0 Å². The van der Waals surface area contributed by atoms with Gasteiger partial charge in [-0.2, -0.15) is 0 Å². The minimum Gasteiger partial charge on any atom is -0.363 e. The van der Waals surface area contributed by atoms with Gasteiger partial charge < -0.3 is 14.4 Å². The number of aromatic nitrogens is 2. The molecule has 2 aromatic heterocycles. The molecule has 0 aliphatic carbocycles. The van der Waals surface area contributed by atoms with E-state index in [1.54, 1.807) is 0 Å². The predicted molar refractivity (Wildman–Crippen MR) is 91.9 cm³/mol. The van der Waals surface area contributed by atoms with Crippen LogP contribution in [0.5, 0.6) is 0 Å². The summed E-state index contributed by atoms with van der Waals surface area (Å²) in [4.78, 5) is 21.1. The molecule has 23 heavy (non-hydrogen) atoms. The predicted octanol–water partition coefficient (Wildman–Crippen LogP) is 2.51. The second-order valence-corrected chi connectivity index (χ2v) is 6.44. The number of rotatable bonds is 3. The lowest BCUT2D eigenvalue weighted by Gasteiger charge is -2.33. The molecule has 122 valence electrons. The summed E-state index contributed by atoms with van der Waals surface area (Å²) in [6.07, 6.45) is 5.94. The summed E-state index contributed by atoms with van der Waals surface area (Å²) in [5.41, 5.74) is 2.03. The lowest BCUT2D eigenvalue weighted by molar-refractivity contribution is 0.0697. The van der Waals surface area contributed by atoms with Crippen LogP contribution in [0, 0.1) is 0 Å². The van der Waals surface area contributed by atoms with Gasteiger partial charge in [-0.15, -0.1) is 0 Å². The monoisotopic (exact) mass is 312 g/mol. The molecule has 3 rings (SSSR count). The van der Waals surface area contributed by atoms with Gasteiger partial charge in [0.1, 0.15) is 11.5 Å².